The summed E-state index contributed by atoms with van der Waals surface area (Å²) in [7, 11) is 0. The van der Waals surface area contributed by atoms with Gasteiger partial charge >= 0.3 is 0 Å². The van der Waals surface area contributed by atoms with E-state index in [1.807, 2.05) is 13.8 Å². The lowest BCUT2D eigenvalue weighted by Gasteiger charge is -2.22. The van der Waals surface area contributed by atoms with Crippen LogP contribution in [0.4, 0.5) is 0 Å². The maximum absolute atomic E-state index is 4.86. The fourth-order valence-corrected chi connectivity index (χ4v) is 3.30. The minimum atomic E-state index is 0.112. The summed E-state index contributed by atoms with van der Waals surface area (Å²) in [5.74, 6) is 0.112. The van der Waals surface area contributed by atoms with Crippen LogP contribution in [0.5, 0.6) is 0 Å². The third-order valence-electron chi connectivity index (χ3n) is 3.83. The van der Waals surface area contributed by atoms with E-state index in [4.69, 9.17) is 12.6 Å². The summed E-state index contributed by atoms with van der Waals surface area (Å²) < 4.78 is 0. The Kier molecular flexibility index (Phi) is 5.81. The number of imidazole rings is 2. The fourth-order valence-electron chi connectivity index (χ4n) is 2.65. The molecule has 6 heteroatoms. The van der Waals surface area contributed by atoms with Crippen molar-refractivity contribution in [3.63, 3.8) is 0 Å². The van der Waals surface area contributed by atoms with Gasteiger partial charge in [0.15, 0.2) is 0 Å². The van der Waals surface area contributed by atoms with Crippen LogP contribution in [0.25, 0.3) is 0 Å². The molecule has 2 rings (SSSR count). The van der Waals surface area contributed by atoms with E-state index < -0.39 is 0 Å². The zero-order chi connectivity index (χ0) is 15.4. The Labute approximate surface area is 137 Å². The number of hydrogen-bond acceptors (Lipinski definition) is 4. The molecule has 21 heavy (non-hydrogen) atoms. The van der Waals surface area contributed by atoms with Crippen LogP contribution in [0.15, 0.2) is 12.7 Å². The van der Waals surface area contributed by atoms with Gasteiger partial charge in [-0.2, -0.15) is 25.3 Å². The van der Waals surface area contributed by atoms with Gasteiger partial charge < -0.3 is 9.97 Å². The van der Waals surface area contributed by atoms with Gasteiger partial charge in [0.1, 0.15) is 0 Å². The second kappa shape index (κ2) is 7.40. The van der Waals surface area contributed by atoms with Crippen LogP contribution in [-0.2, 0) is 0 Å². The molecule has 116 valence electrons. The first kappa shape index (κ1) is 16.5. The summed E-state index contributed by atoms with van der Waals surface area (Å²) >= 11 is 9.31. The molecule has 0 aliphatic rings. The predicted octanol–water partition coefficient (Wildman–Crippen LogP) is 3.67. The lowest BCUT2D eigenvalue weighted by atomic mass is 9.91. The van der Waals surface area contributed by atoms with Crippen LogP contribution in [0.2, 0.25) is 0 Å². The Bertz CT molecular complexity index is 521. The Hall–Kier alpha value is -0.880. The number of aromatic amines is 2. The highest BCUT2D eigenvalue weighted by Gasteiger charge is 2.28. The number of H-pyrrole nitrogens is 2. The average Bonchev–Trinajstić information content (AvgIpc) is 3.00. The molecule has 2 aromatic rings. The van der Waals surface area contributed by atoms with Crippen molar-refractivity contribution in [3.05, 3.63) is 35.4 Å². The molecule has 0 aliphatic heterocycles. The average molecular weight is 325 g/mol. The zero-order valence-corrected chi connectivity index (χ0v) is 14.6. The third kappa shape index (κ3) is 4.07. The largest absolute Gasteiger partial charge is 0.348 e. The Balaban J connectivity index is 2.21. The fraction of sp³-hybridized carbons (Fsp3) is 0.600. The van der Waals surface area contributed by atoms with Crippen molar-refractivity contribution in [1.82, 2.24) is 19.9 Å². The number of aromatic nitrogens is 4. The molecule has 2 unspecified atom stereocenters. The Morgan fingerprint density at radius 2 is 1.52 bits per heavy atom. The van der Waals surface area contributed by atoms with Crippen molar-refractivity contribution in [2.75, 3.05) is 0 Å². The van der Waals surface area contributed by atoms with Gasteiger partial charge in [-0.1, -0.05) is 13.3 Å². The molecule has 0 saturated carbocycles. The highest BCUT2D eigenvalue weighted by atomic mass is 32.1. The van der Waals surface area contributed by atoms with Crippen LogP contribution in [0.1, 0.15) is 54.9 Å². The molecule has 0 aliphatic carbocycles. The SMILES string of the molecule is Cc1[nH]cnc1C(c1nc[nH]c1C)C(S)CCCC(C)S. The molecular weight excluding hydrogens is 300 g/mol. The summed E-state index contributed by atoms with van der Waals surface area (Å²) in [6.07, 6.45) is 6.73. The van der Waals surface area contributed by atoms with Crippen LogP contribution < -0.4 is 0 Å². The third-order valence-corrected chi connectivity index (χ3v) is 4.65. The number of nitrogens with zero attached hydrogens (tertiary/aromatic N) is 2. The topological polar surface area (TPSA) is 57.4 Å². The molecule has 0 radical (unpaired) electrons. The van der Waals surface area contributed by atoms with Crippen LogP contribution in [-0.4, -0.2) is 30.4 Å². The molecule has 2 aromatic heterocycles. The van der Waals surface area contributed by atoms with Crippen LogP contribution >= 0.6 is 25.3 Å². The molecule has 2 N–H and O–H groups in total. The quantitative estimate of drug-likeness (QED) is 0.587. The van der Waals surface area contributed by atoms with Crippen molar-refractivity contribution in [1.29, 1.82) is 0 Å². The van der Waals surface area contributed by atoms with Crippen molar-refractivity contribution < 1.29 is 0 Å². The number of nitrogens with one attached hydrogen (secondary N) is 2. The number of hydrogen-bond donors (Lipinski definition) is 4. The minimum Gasteiger partial charge on any atom is -0.348 e. The highest BCUT2D eigenvalue weighted by Crippen LogP contribution is 2.34. The molecule has 0 amide bonds. The van der Waals surface area contributed by atoms with Gasteiger partial charge in [-0.05, 0) is 31.9 Å². The summed E-state index contributed by atoms with van der Waals surface area (Å²) in [5, 5.41) is 0.629. The molecule has 0 bridgehead atoms. The van der Waals surface area contributed by atoms with Crippen molar-refractivity contribution in [2.24, 2.45) is 0 Å². The predicted molar refractivity (Wildman–Crippen MR) is 93.6 cm³/mol. The minimum absolute atomic E-state index is 0.112. The Morgan fingerprint density at radius 1 is 1.00 bits per heavy atom. The van der Waals surface area contributed by atoms with Gasteiger partial charge in [-0.15, -0.1) is 0 Å². The molecule has 2 heterocycles. The zero-order valence-electron chi connectivity index (χ0n) is 12.8. The number of thiol groups is 2. The number of rotatable bonds is 7. The van der Waals surface area contributed by atoms with Crippen LogP contribution in [0.3, 0.4) is 0 Å². The molecule has 0 saturated heterocycles. The first-order valence-electron chi connectivity index (χ1n) is 7.36. The first-order valence-corrected chi connectivity index (χ1v) is 8.39. The molecule has 0 aromatic carbocycles. The van der Waals surface area contributed by atoms with E-state index in [1.54, 1.807) is 12.7 Å². The molecular formula is C15H24N4S2. The van der Waals surface area contributed by atoms with E-state index in [1.165, 1.54) is 0 Å². The standard InChI is InChI=1S/C15H24N4S2/c1-9(20)5-4-6-12(21)13(14-10(2)16-7-18-14)15-11(3)17-8-19-15/h7-9,12-13,20-21H,4-6H2,1-3H3,(H,16,18)(H,17,19). The monoisotopic (exact) mass is 324 g/mol. The van der Waals surface area contributed by atoms with E-state index >= 15 is 0 Å². The summed E-state index contributed by atoms with van der Waals surface area (Å²) in [4.78, 5) is 15.3. The first-order chi connectivity index (χ1) is 10.0. The van der Waals surface area contributed by atoms with Crippen molar-refractivity contribution >= 4 is 25.3 Å². The lowest BCUT2D eigenvalue weighted by molar-refractivity contribution is 0.602. The van der Waals surface area contributed by atoms with E-state index in [9.17, 15) is 0 Å². The molecule has 2 atom stereocenters. The summed E-state index contributed by atoms with van der Waals surface area (Å²) in [6, 6.07) is 0. The maximum Gasteiger partial charge on any atom is 0.0925 e. The van der Waals surface area contributed by atoms with Gasteiger partial charge in [0.2, 0.25) is 0 Å². The van der Waals surface area contributed by atoms with Gasteiger partial charge in [0, 0.05) is 16.6 Å². The molecule has 0 spiro atoms. The van der Waals surface area contributed by atoms with Crippen molar-refractivity contribution in [2.45, 2.75) is 56.5 Å². The lowest BCUT2D eigenvalue weighted by Crippen LogP contribution is -2.18. The van der Waals surface area contributed by atoms with Crippen LogP contribution in [0, 0.1) is 13.8 Å². The second-order valence-corrected chi connectivity index (χ2v) is 7.20. The van der Waals surface area contributed by atoms with E-state index in [0.29, 0.717) is 5.25 Å². The van der Waals surface area contributed by atoms with E-state index in [0.717, 1.165) is 42.0 Å². The second-order valence-electron chi connectivity index (χ2n) is 5.65. The summed E-state index contributed by atoms with van der Waals surface area (Å²) in [5.41, 5.74) is 4.27. The highest BCUT2D eigenvalue weighted by molar-refractivity contribution is 7.81. The normalized spacial score (nSPS) is 14.6. The molecule has 4 nitrogen and oxygen atoms in total. The number of aryl methyl sites for hydroxylation is 2. The molecule has 0 fully saturated rings. The van der Waals surface area contributed by atoms with Crippen molar-refractivity contribution in [3.8, 4) is 0 Å². The van der Waals surface area contributed by atoms with E-state index in [-0.39, 0.29) is 11.2 Å². The Morgan fingerprint density at radius 3 is 1.90 bits per heavy atom. The summed E-state index contributed by atoms with van der Waals surface area (Å²) in [6.45, 7) is 6.23. The van der Waals surface area contributed by atoms with Gasteiger partial charge in [-0.3, -0.25) is 0 Å². The van der Waals surface area contributed by atoms with E-state index in [2.05, 4.69) is 39.5 Å². The van der Waals surface area contributed by atoms with Gasteiger partial charge in [-0.25, -0.2) is 9.97 Å². The maximum atomic E-state index is 4.86. The van der Waals surface area contributed by atoms with Gasteiger partial charge in [0.05, 0.1) is 30.0 Å². The van der Waals surface area contributed by atoms with Gasteiger partial charge in [0.25, 0.3) is 0 Å². The smallest absolute Gasteiger partial charge is 0.0925 e.